The minimum atomic E-state index is -0.487. The Kier molecular flexibility index (Phi) is 6.02. The van der Waals surface area contributed by atoms with Crippen molar-refractivity contribution in [2.24, 2.45) is 0 Å². The van der Waals surface area contributed by atoms with Crippen LogP contribution in [0.1, 0.15) is 49.0 Å². The molecule has 3 aromatic rings. The molecule has 1 saturated heterocycles. The number of furan rings is 1. The number of nitrogens with one attached hydrogen (secondary N) is 1. The average molecular weight is 409 g/mol. The van der Waals surface area contributed by atoms with Crippen LogP contribution in [0.25, 0.3) is 0 Å². The van der Waals surface area contributed by atoms with Crippen molar-refractivity contribution in [1.29, 1.82) is 0 Å². The van der Waals surface area contributed by atoms with Crippen molar-refractivity contribution in [3.05, 3.63) is 95.9 Å². The van der Waals surface area contributed by atoms with Crippen LogP contribution in [-0.2, 0) is 4.90 Å². The zero-order valence-corrected chi connectivity index (χ0v) is 18.6. The van der Waals surface area contributed by atoms with E-state index >= 15 is 0 Å². The Morgan fingerprint density at radius 1 is 1.00 bits per heavy atom. The molecule has 1 aromatic heterocycles. The lowest BCUT2D eigenvalue weighted by Crippen LogP contribution is -2.39. The van der Waals surface area contributed by atoms with E-state index in [1.54, 1.807) is 0 Å². The van der Waals surface area contributed by atoms with E-state index in [9.17, 15) is 0 Å². The minimum absolute atomic E-state index is 0.0516. The third kappa shape index (κ3) is 3.84. The minimum Gasteiger partial charge on any atom is -0.469 e. The first-order valence-electron chi connectivity index (χ1n) is 10.1. The van der Waals surface area contributed by atoms with E-state index in [4.69, 9.17) is 4.42 Å². The smallest absolute Gasteiger partial charge is 0.108 e. The van der Waals surface area contributed by atoms with Crippen LogP contribution in [0.5, 0.6) is 0 Å². The van der Waals surface area contributed by atoms with Crippen molar-refractivity contribution < 1.29 is 4.42 Å². The SMILES string of the molecule is CC(C)NP1CC(c2ccccc2)CC(c2ccco2)C1(P)c1ccccc1. The summed E-state index contributed by atoms with van der Waals surface area (Å²) in [7, 11) is 2.79. The molecule has 0 saturated carbocycles. The van der Waals surface area contributed by atoms with Gasteiger partial charge in [0.05, 0.1) is 11.2 Å². The molecule has 1 aliphatic rings. The molecule has 5 atom stereocenters. The van der Waals surface area contributed by atoms with Gasteiger partial charge >= 0.3 is 0 Å². The lowest BCUT2D eigenvalue weighted by atomic mass is 9.83. The molecule has 2 aromatic carbocycles. The summed E-state index contributed by atoms with van der Waals surface area (Å²) in [5.74, 6) is 1.94. The van der Waals surface area contributed by atoms with E-state index in [2.05, 4.69) is 94.9 Å². The molecule has 2 heterocycles. The molecule has 4 rings (SSSR count). The van der Waals surface area contributed by atoms with Crippen molar-refractivity contribution >= 4 is 17.3 Å². The highest BCUT2D eigenvalue weighted by Crippen LogP contribution is 2.70. The Morgan fingerprint density at radius 2 is 1.68 bits per heavy atom. The molecular weight excluding hydrogens is 380 g/mol. The number of rotatable bonds is 5. The Hall–Kier alpha value is -1.46. The summed E-state index contributed by atoms with van der Waals surface area (Å²) in [5.41, 5.74) is 2.82. The fraction of sp³-hybridized carbons (Fsp3) is 0.333. The molecular formula is C24H29NOP2. The van der Waals surface area contributed by atoms with E-state index in [0.29, 0.717) is 17.9 Å². The number of benzene rings is 2. The van der Waals surface area contributed by atoms with E-state index < -0.39 is 8.07 Å². The molecule has 1 N–H and O–H groups in total. The molecule has 0 bridgehead atoms. The Balaban J connectivity index is 1.81. The molecule has 4 heteroatoms. The maximum absolute atomic E-state index is 6.00. The Morgan fingerprint density at radius 3 is 2.29 bits per heavy atom. The Bertz CT molecular complexity index is 866. The summed E-state index contributed by atoms with van der Waals surface area (Å²) < 4.78 is 6.00. The van der Waals surface area contributed by atoms with Gasteiger partial charge in [0.15, 0.2) is 0 Å². The second kappa shape index (κ2) is 8.50. The van der Waals surface area contributed by atoms with E-state index in [1.165, 1.54) is 17.3 Å². The summed E-state index contributed by atoms with van der Waals surface area (Å²) in [6.07, 6.45) is 4.08. The maximum atomic E-state index is 6.00. The quantitative estimate of drug-likeness (QED) is 0.476. The van der Waals surface area contributed by atoms with Crippen molar-refractivity contribution in [1.82, 2.24) is 5.09 Å². The first-order valence-corrected chi connectivity index (χ1v) is 12.2. The van der Waals surface area contributed by atoms with Gasteiger partial charge in [-0.2, -0.15) is 0 Å². The van der Waals surface area contributed by atoms with Gasteiger partial charge < -0.3 is 4.42 Å². The first-order chi connectivity index (χ1) is 13.6. The van der Waals surface area contributed by atoms with E-state index in [1.807, 2.05) is 12.3 Å². The van der Waals surface area contributed by atoms with Crippen LogP contribution in [0, 0.1) is 0 Å². The molecule has 0 spiro atoms. The molecule has 1 fully saturated rings. The summed E-state index contributed by atoms with van der Waals surface area (Å²) in [4.78, 5) is -0.0516. The molecule has 0 aliphatic carbocycles. The Labute approximate surface area is 172 Å². The van der Waals surface area contributed by atoms with Gasteiger partial charge in [-0.15, -0.1) is 9.24 Å². The normalized spacial score (nSPS) is 27.8. The molecule has 146 valence electrons. The molecule has 28 heavy (non-hydrogen) atoms. The largest absolute Gasteiger partial charge is 0.469 e. The van der Waals surface area contributed by atoms with Gasteiger partial charge in [0.2, 0.25) is 0 Å². The lowest BCUT2D eigenvalue weighted by Gasteiger charge is -2.50. The van der Waals surface area contributed by atoms with Gasteiger partial charge in [-0.05, 0) is 63.7 Å². The van der Waals surface area contributed by atoms with Crippen LogP contribution in [-0.4, -0.2) is 12.2 Å². The fourth-order valence-corrected chi connectivity index (χ4v) is 8.57. The third-order valence-corrected chi connectivity index (χ3v) is 10.5. The fourth-order valence-electron chi connectivity index (χ4n) is 4.42. The van der Waals surface area contributed by atoms with E-state index in [-0.39, 0.29) is 4.90 Å². The highest BCUT2D eigenvalue weighted by molar-refractivity contribution is 7.64. The van der Waals surface area contributed by atoms with Crippen LogP contribution in [0.15, 0.2) is 83.5 Å². The second-order valence-corrected chi connectivity index (χ2v) is 11.6. The van der Waals surface area contributed by atoms with Crippen molar-refractivity contribution in [3.8, 4) is 0 Å². The highest BCUT2D eigenvalue weighted by Gasteiger charge is 2.50. The summed E-state index contributed by atoms with van der Waals surface area (Å²) in [6.45, 7) is 4.51. The van der Waals surface area contributed by atoms with Gasteiger partial charge in [-0.25, -0.2) is 0 Å². The van der Waals surface area contributed by atoms with Crippen molar-refractivity contribution in [3.63, 3.8) is 0 Å². The van der Waals surface area contributed by atoms with Crippen LogP contribution in [0.2, 0.25) is 0 Å². The van der Waals surface area contributed by atoms with Gasteiger partial charge in [0.25, 0.3) is 0 Å². The summed E-state index contributed by atoms with van der Waals surface area (Å²) >= 11 is 0. The number of hydrogen-bond donors (Lipinski definition) is 1. The van der Waals surface area contributed by atoms with Crippen LogP contribution in [0.4, 0.5) is 0 Å². The number of hydrogen-bond acceptors (Lipinski definition) is 2. The molecule has 2 nitrogen and oxygen atoms in total. The van der Waals surface area contributed by atoms with Gasteiger partial charge in [-0.1, -0.05) is 60.7 Å². The van der Waals surface area contributed by atoms with Crippen molar-refractivity contribution in [2.75, 3.05) is 6.16 Å². The molecule has 0 amide bonds. The van der Waals surface area contributed by atoms with Gasteiger partial charge in [-0.3, -0.25) is 5.09 Å². The van der Waals surface area contributed by atoms with Crippen LogP contribution in [0.3, 0.4) is 0 Å². The zero-order valence-electron chi connectivity index (χ0n) is 16.6. The standard InChI is InChI=1S/C24H29NOP2/c1-18(2)25-28-17-20(19-10-5-3-6-11-19)16-22(23-14-9-15-26-23)24(28,27)21-12-7-4-8-13-21/h3-15,18,20,22,25H,16-17,27H2,1-2H3. The van der Waals surface area contributed by atoms with Crippen LogP contribution < -0.4 is 5.09 Å². The lowest BCUT2D eigenvalue weighted by molar-refractivity contribution is 0.395. The van der Waals surface area contributed by atoms with Gasteiger partial charge in [0.1, 0.15) is 5.76 Å². The van der Waals surface area contributed by atoms with Gasteiger partial charge in [0, 0.05) is 12.0 Å². The maximum Gasteiger partial charge on any atom is 0.108 e. The van der Waals surface area contributed by atoms with Crippen molar-refractivity contribution in [2.45, 2.75) is 43.0 Å². The summed E-state index contributed by atoms with van der Waals surface area (Å²) in [6, 6.07) is 26.6. The molecule has 5 unspecified atom stereocenters. The van der Waals surface area contributed by atoms with Crippen LogP contribution >= 0.6 is 17.3 Å². The molecule has 0 radical (unpaired) electrons. The second-order valence-electron chi connectivity index (χ2n) is 8.00. The van der Waals surface area contributed by atoms with E-state index in [0.717, 1.165) is 12.2 Å². The zero-order chi connectivity index (χ0) is 19.6. The first kappa shape index (κ1) is 19.8. The highest BCUT2D eigenvalue weighted by atomic mass is 31.2. The average Bonchev–Trinajstić information content (AvgIpc) is 3.25. The predicted molar refractivity (Wildman–Crippen MR) is 123 cm³/mol. The summed E-state index contributed by atoms with van der Waals surface area (Å²) in [5, 5.41) is 3.96. The molecule has 1 aliphatic heterocycles. The monoisotopic (exact) mass is 409 g/mol. The third-order valence-electron chi connectivity index (χ3n) is 5.71. The topological polar surface area (TPSA) is 25.2 Å². The predicted octanol–water partition coefficient (Wildman–Crippen LogP) is 6.67.